The Morgan fingerprint density at radius 1 is 1.13 bits per heavy atom. The predicted molar refractivity (Wildman–Crippen MR) is 80.7 cm³/mol. The predicted octanol–water partition coefficient (Wildman–Crippen LogP) is 3.32. The highest BCUT2D eigenvalue weighted by molar-refractivity contribution is 5.81. The Morgan fingerprint density at radius 2 is 1.78 bits per heavy atom. The molecule has 0 saturated heterocycles. The molecule has 3 rings (SSSR count). The molecule has 5 nitrogen and oxygen atoms in total. The highest BCUT2D eigenvalue weighted by atomic mass is 19.4. The van der Waals surface area contributed by atoms with Crippen molar-refractivity contribution >= 4 is 11.5 Å². The molecule has 1 aromatic carbocycles. The number of nitrogens with one attached hydrogen (secondary N) is 1. The van der Waals surface area contributed by atoms with Crippen molar-refractivity contribution in [3.63, 3.8) is 0 Å². The van der Waals surface area contributed by atoms with Crippen LogP contribution in [0.4, 0.5) is 19.0 Å². The van der Waals surface area contributed by atoms with Gasteiger partial charge in [-0.2, -0.15) is 22.8 Å². The molecule has 0 atom stereocenters. The molecule has 8 heteroatoms. The number of hydrogen-bond acceptors (Lipinski definition) is 4. The topological polar surface area (TPSA) is 68.2 Å². The summed E-state index contributed by atoms with van der Waals surface area (Å²) >= 11 is 0. The monoisotopic (exact) mass is 321 g/mol. The number of nitrogen functional groups attached to an aromatic ring is 1. The highest BCUT2D eigenvalue weighted by Gasteiger charge is 2.39. The van der Waals surface area contributed by atoms with Crippen LogP contribution in [-0.4, -0.2) is 14.6 Å². The standard InChI is InChI=1S/C15H14F3N5/c1-8-3-5-10(6-4-8)12-13(15(16,17)18)22-23-11(21-19)7-9(2)20-14(12)23/h3-7,21H,19H2,1-2H3. The number of aryl methyl sites for hydroxylation is 2. The molecular weight excluding hydrogens is 307 g/mol. The fourth-order valence-electron chi connectivity index (χ4n) is 2.43. The van der Waals surface area contributed by atoms with E-state index in [9.17, 15) is 13.2 Å². The van der Waals surface area contributed by atoms with E-state index in [4.69, 9.17) is 5.84 Å². The van der Waals surface area contributed by atoms with Gasteiger partial charge in [-0.1, -0.05) is 29.8 Å². The van der Waals surface area contributed by atoms with Crippen LogP contribution < -0.4 is 11.3 Å². The number of nitrogens with zero attached hydrogens (tertiary/aromatic N) is 3. The third-order valence-electron chi connectivity index (χ3n) is 3.47. The second-order valence-corrected chi connectivity index (χ2v) is 5.25. The molecule has 0 bridgehead atoms. The van der Waals surface area contributed by atoms with E-state index >= 15 is 0 Å². The normalized spacial score (nSPS) is 11.9. The smallest absolute Gasteiger partial charge is 0.308 e. The Morgan fingerprint density at radius 3 is 2.35 bits per heavy atom. The molecule has 0 fully saturated rings. The zero-order valence-corrected chi connectivity index (χ0v) is 12.4. The molecule has 0 unspecified atom stereocenters. The van der Waals surface area contributed by atoms with Gasteiger partial charge >= 0.3 is 6.18 Å². The van der Waals surface area contributed by atoms with Crippen molar-refractivity contribution in [1.82, 2.24) is 14.6 Å². The molecule has 120 valence electrons. The van der Waals surface area contributed by atoms with E-state index in [1.807, 2.05) is 6.92 Å². The number of aromatic nitrogens is 3. The van der Waals surface area contributed by atoms with Gasteiger partial charge in [0.1, 0.15) is 5.82 Å². The maximum Gasteiger partial charge on any atom is 0.435 e. The van der Waals surface area contributed by atoms with Gasteiger partial charge in [0.15, 0.2) is 11.3 Å². The van der Waals surface area contributed by atoms with Crippen LogP contribution in [0.15, 0.2) is 30.3 Å². The lowest BCUT2D eigenvalue weighted by Crippen LogP contribution is -2.13. The Kier molecular flexibility index (Phi) is 3.48. The number of fused-ring (bicyclic) bond motifs is 1. The van der Waals surface area contributed by atoms with E-state index in [0.717, 1.165) is 10.1 Å². The van der Waals surface area contributed by atoms with E-state index in [1.165, 1.54) is 6.07 Å². The minimum Gasteiger partial charge on any atom is -0.308 e. The van der Waals surface area contributed by atoms with Crippen LogP contribution in [0.1, 0.15) is 17.0 Å². The van der Waals surface area contributed by atoms with Crippen LogP contribution >= 0.6 is 0 Å². The van der Waals surface area contributed by atoms with Gasteiger partial charge in [-0.05, 0) is 19.4 Å². The number of halogens is 3. The Bertz CT molecular complexity index is 865. The summed E-state index contributed by atoms with van der Waals surface area (Å²) in [5.74, 6) is 5.62. The van der Waals surface area contributed by atoms with Gasteiger partial charge in [-0.3, -0.25) is 0 Å². The maximum absolute atomic E-state index is 13.4. The largest absolute Gasteiger partial charge is 0.435 e. The van der Waals surface area contributed by atoms with Gasteiger partial charge in [0.05, 0.1) is 5.56 Å². The fraction of sp³-hybridized carbons (Fsp3) is 0.200. The molecule has 3 N–H and O–H groups in total. The first-order valence-electron chi connectivity index (χ1n) is 6.82. The average Bonchev–Trinajstić information content (AvgIpc) is 2.86. The van der Waals surface area contributed by atoms with Gasteiger partial charge in [0, 0.05) is 11.8 Å². The van der Waals surface area contributed by atoms with Crippen LogP contribution in [0, 0.1) is 13.8 Å². The van der Waals surface area contributed by atoms with Crippen LogP contribution in [-0.2, 0) is 6.18 Å². The lowest BCUT2D eigenvalue weighted by molar-refractivity contribution is -0.140. The summed E-state index contributed by atoms with van der Waals surface area (Å²) in [6.45, 7) is 3.55. The van der Waals surface area contributed by atoms with Gasteiger partial charge in [-0.15, -0.1) is 0 Å². The second-order valence-electron chi connectivity index (χ2n) is 5.25. The Hall–Kier alpha value is -2.61. The molecule has 0 aliphatic rings. The highest BCUT2D eigenvalue weighted by Crippen LogP contribution is 2.39. The van der Waals surface area contributed by atoms with Crippen molar-refractivity contribution in [2.75, 3.05) is 5.43 Å². The zero-order valence-electron chi connectivity index (χ0n) is 12.4. The van der Waals surface area contributed by atoms with Crippen LogP contribution in [0.2, 0.25) is 0 Å². The van der Waals surface area contributed by atoms with E-state index in [2.05, 4.69) is 15.5 Å². The quantitative estimate of drug-likeness (QED) is 0.561. The maximum atomic E-state index is 13.4. The number of rotatable bonds is 2. The van der Waals surface area contributed by atoms with Crippen molar-refractivity contribution in [1.29, 1.82) is 0 Å². The van der Waals surface area contributed by atoms with Crippen molar-refractivity contribution in [2.24, 2.45) is 5.84 Å². The number of alkyl halides is 3. The second kappa shape index (κ2) is 5.24. The summed E-state index contributed by atoms with van der Waals surface area (Å²) < 4.78 is 41.4. The van der Waals surface area contributed by atoms with E-state index in [1.54, 1.807) is 31.2 Å². The first-order valence-corrected chi connectivity index (χ1v) is 6.82. The number of benzene rings is 1. The lowest BCUT2D eigenvalue weighted by atomic mass is 10.0. The minimum absolute atomic E-state index is 0.0577. The Balaban J connectivity index is 2.41. The molecule has 0 radical (unpaired) electrons. The zero-order chi connectivity index (χ0) is 16.8. The van der Waals surface area contributed by atoms with Gasteiger partial charge in [0.2, 0.25) is 0 Å². The number of nitrogens with two attached hydrogens (primary N) is 1. The summed E-state index contributed by atoms with van der Waals surface area (Å²) in [5.41, 5.74) is 3.30. The molecule has 3 aromatic rings. The first kappa shape index (κ1) is 15.3. The van der Waals surface area contributed by atoms with Crippen molar-refractivity contribution in [3.8, 4) is 11.1 Å². The van der Waals surface area contributed by atoms with Crippen LogP contribution in [0.3, 0.4) is 0 Å². The summed E-state index contributed by atoms with van der Waals surface area (Å²) in [5, 5.41) is 3.68. The van der Waals surface area contributed by atoms with Crippen LogP contribution in [0.25, 0.3) is 16.8 Å². The molecular formula is C15H14F3N5. The number of hydrogen-bond donors (Lipinski definition) is 2. The molecule has 0 aliphatic heterocycles. The summed E-state index contributed by atoms with van der Waals surface area (Å²) in [6, 6.07) is 8.27. The van der Waals surface area contributed by atoms with Crippen LogP contribution in [0.5, 0.6) is 0 Å². The van der Waals surface area contributed by atoms with Gasteiger partial charge in [0.25, 0.3) is 0 Å². The number of anilines is 1. The molecule has 2 aromatic heterocycles. The molecule has 0 spiro atoms. The molecule has 0 aliphatic carbocycles. The fourth-order valence-corrected chi connectivity index (χ4v) is 2.43. The van der Waals surface area contributed by atoms with Gasteiger partial charge in [-0.25, -0.2) is 10.8 Å². The van der Waals surface area contributed by atoms with E-state index in [0.29, 0.717) is 11.3 Å². The third-order valence-corrected chi connectivity index (χ3v) is 3.47. The first-order chi connectivity index (χ1) is 10.8. The molecule has 2 heterocycles. The van der Waals surface area contributed by atoms with Crippen molar-refractivity contribution < 1.29 is 13.2 Å². The average molecular weight is 321 g/mol. The number of hydrazine groups is 1. The molecule has 23 heavy (non-hydrogen) atoms. The Labute approximate surface area is 129 Å². The summed E-state index contributed by atoms with van der Waals surface area (Å²) in [7, 11) is 0. The SMILES string of the molecule is Cc1ccc(-c2c(C(F)(F)F)nn3c(NN)cc(C)nc23)cc1. The summed E-state index contributed by atoms with van der Waals surface area (Å²) in [6.07, 6.45) is -4.60. The third kappa shape index (κ3) is 2.61. The lowest BCUT2D eigenvalue weighted by Gasteiger charge is -2.07. The van der Waals surface area contributed by atoms with Gasteiger partial charge < -0.3 is 5.43 Å². The molecule has 0 saturated carbocycles. The summed E-state index contributed by atoms with van der Waals surface area (Å²) in [4.78, 5) is 4.22. The van der Waals surface area contributed by atoms with Crippen molar-refractivity contribution in [2.45, 2.75) is 20.0 Å². The van der Waals surface area contributed by atoms with Crippen molar-refractivity contribution in [3.05, 3.63) is 47.3 Å². The molecule has 0 amide bonds. The minimum atomic E-state index is -4.60. The van der Waals surface area contributed by atoms with E-state index in [-0.39, 0.29) is 17.0 Å². The van der Waals surface area contributed by atoms with E-state index < -0.39 is 11.9 Å².